The summed E-state index contributed by atoms with van der Waals surface area (Å²) in [5.74, 6) is -0.219. The molecule has 1 heterocycles. The van der Waals surface area contributed by atoms with Crippen molar-refractivity contribution in [2.45, 2.75) is 49.7 Å². The molecule has 8 heteroatoms. The third kappa shape index (κ3) is 3.61. The summed E-state index contributed by atoms with van der Waals surface area (Å²) in [4.78, 5) is 0.344. The first-order valence-electron chi connectivity index (χ1n) is 9.24. The molecule has 2 aromatic carbocycles. The average molecular weight is 423 g/mol. The summed E-state index contributed by atoms with van der Waals surface area (Å²) in [7, 11) is -7.67. The quantitative estimate of drug-likeness (QED) is 0.742. The van der Waals surface area contributed by atoms with Crippen molar-refractivity contribution in [3.05, 3.63) is 60.2 Å². The molecule has 2 unspecified atom stereocenters. The van der Waals surface area contributed by atoms with Gasteiger partial charge in [0.25, 0.3) is 0 Å². The van der Waals surface area contributed by atoms with E-state index in [9.17, 15) is 16.8 Å². The second-order valence-electron chi connectivity index (χ2n) is 7.54. The van der Waals surface area contributed by atoms with Gasteiger partial charge in [0.2, 0.25) is 20.0 Å². The summed E-state index contributed by atoms with van der Waals surface area (Å²) in [5, 5.41) is 0. The number of rotatable bonds is 5. The summed E-state index contributed by atoms with van der Waals surface area (Å²) in [6, 6.07) is 14.3. The highest BCUT2D eigenvalue weighted by molar-refractivity contribution is 7.90. The van der Waals surface area contributed by atoms with E-state index in [0.717, 1.165) is 5.56 Å². The van der Waals surface area contributed by atoms with Crippen molar-refractivity contribution in [3.63, 3.8) is 0 Å². The first kappa shape index (κ1) is 21.0. The van der Waals surface area contributed by atoms with Gasteiger partial charge in [-0.2, -0.15) is 8.61 Å². The smallest absolute Gasteiger partial charge is 0.207 e. The van der Waals surface area contributed by atoms with E-state index in [1.165, 1.54) is 20.7 Å². The molecule has 2 aromatic rings. The molecule has 1 saturated heterocycles. The number of nitrogens with zero attached hydrogens (tertiary/aromatic N) is 2. The van der Waals surface area contributed by atoms with Gasteiger partial charge >= 0.3 is 0 Å². The molecule has 0 spiro atoms. The molecule has 0 N–H and O–H groups in total. The molecule has 2 atom stereocenters. The van der Waals surface area contributed by atoms with Gasteiger partial charge in [0.05, 0.1) is 16.0 Å². The normalized spacial score (nSPS) is 22.0. The van der Waals surface area contributed by atoms with Crippen molar-refractivity contribution in [3.8, 4) is 0 Å². The summed E-state index contributed by atoms with van der Waals surface area (Å²) in [6.45, 7) is 7.44. The molecule has 6 nitrogen and oxygen atoms in total. The Kier molecular flexibility index (Phi) is 5.69. The Morgan fingerprint density at radius 2 is 1.39 bits per heavy atom. The van der Waals surface area contributed by atoms with Crippen molar-refractivity contribution in [1.29, 1.82) is 0 Å². The molecular weight excluding hydrogens is 396 g/mol. The van der Waals surface area contributed by atoms with Gasteiger partial charge in [-0.1, -0.05) is 49.7 Å². The number of hydrogen-bond donors (Lipinski definition) is 0. The standard InChI is InChI=1S/C20H26N2O4S2/c1-15(2)20-21(27(23,24)19-12-10-16(3)11-13-19)14-17(4)22(20)28(25,26)18-8-6-5-7-9-18/h5-13,15,17,20H,14H2,1-4H3. The van der Waals surface area contributed by atoms with Crippen molar-refractivity contribution in [2.75, 3.05) is 6.54 Å². The monoisotopic (exact) mass is 422 g/mol. The topological polar surface area (TPSA) is 74.8 Å². The summed E-state index contributed by atoms with van der Waals surface area (Å²) in [6.07, 6.45) is -0.786. The van der Waals surface area contributed by atoms with Gasteiger partial charge in [-0.25, -0.2) is 16.8 Å². The van der Waals surface area contributed by atoms with E-state index >= 15 is 0 Å². The zero-order valence-electron chi connectivity index (χ0n) is 16.5. The van der Waals surface area contributed by atoms with E-state index in [1.807, 2.05) is 20.8 Å². The Hall–Kier alpha value is -1.74. The highest BCUT2D eigenvalue weighted by Crippen LogP contribution is 2.35. The van der Waals surface area contributed by atoms with Crippen LogP contribution in [0.4, 0.5) is 0 Å². The Bertz CT molecular complexity index is 1030. The molecule has 0 amide bonds. The number of hydrogen-bond acceptors (Lipinski definition) is 4. The number of sulfonamides is 2. The van der Waals surface area contributed by atoms with Crippen LogP contribution in [0.5, 0.6) is 0 Å². The minimum atomic E-state index is -3.84. The molecule has 3 rings (SSSR count). The minimum absolute atomic E-state index is 0.116. The first-order valence-corrected chi connectivity index (χ1v) is 12.1. The van der Waals surface area contributed by atoms with Crippen LogP contribution in [0.3, 0.4) is 0 Å². The minimum Gasteiger partial charge on any atom is -0.207 e. The molecule has 0 saturated carbocycles. The fourth-order valence-electron chi connectivity index (χ4n) is 3.64. The molecule has 0 aromatic heterocycles. The van der Waals surface area contributed by atoms with E-state index in [1.54, 1.807) is 49.4 Å². The van der Waals surface area contributed by atoms with Crippen LogP contribution in [-0.4, -0.2) is 44.2 Å². The maximum absolute atomic E-state index is 13.3. The van der Waals surface area contributed by atoms with Gasteiger partial charge in [0.15, 0.2) is 0 Å². The fraction of sp³-hybridized carbons (Fsp3) is 0.400. The Morgan fingerprint density at radius 3 is 1.93 bits per heavy atom. The van der Waals surface area contributed by atoms with Crippen molar-refractivity contribution < 1.29 is 16.8 Å². The SMILES string of the molecule is Cc1ccc(S(=O)(=O)N2CC(C)N(S(=O)(=O)c3ccccc3)C2C(C)C)cc1. The Balaban J connectivity index is 2.07. The predicted molar refractivity (Wildman–Crippen MR) is 109 cm³/mol. The van der Waals surface area contributed by atoms with E-state index in [4.69, 9.17) is 0 Å². The Labute approximate surface area is 167 Å². The van der Waals surface area contributed by atoms with Crippen LogP contribution in [-0.2, 0) is 20.0 Å². The lowest BCUT2D eigenvalue weighted by atomic mass is 10.2. The molecular formula is C20H26N2O4S2. The molecule has 0 aliphatic carbocycles. The molecule has 152 valence electrons. The van der Waals surface area contributed by atoms with Crippen LogP contribution in [0.1, 0.15) is 26.3 Å². The number of benzene rings is 2. The average Bonchev–Trinajstić information content (AvgIpc) is 3.02. The maximum Gasteiger partial charge on any atom is 0.244 e. The van der Waals surface area contributed by atoms with Gasteiger partial charge in [-0.3, -0.25) is 0 Å². The zero-order chi connectivity index (χ0) is 20.7. The summed E-state index contributed by atoms with van der Waals surface area (Å²) >= 11 is 0. The predicted octanol–water partition coefficient (Wildman–Crippen LogP) is 3.06. The third-order valence-electron chi connectivity index (χ3n) is 4.98. The lowest BCUT2D eigenvalue weighted by molar-refractivity contribution is 0.208. The van der Waals surface area contributed by atoms with Crippen LogP contribution in [0.15, 0.2) is 64.4 Å². The van der Waals surface area contributed by atoms with Gasteiger partial charge < -0.3 is 0 Å². The molecule has 1 fully saturated rings. The van der Waals surface area contributed by atoms with E-state index in [-0.39, 0.29) is 22.3 Å². The fourth-order valence-corrected chi connectivity index (χ4v) is 7.42. The lowest BCUT2D eigenvalue weighted by Crippen LogP contribution is -2.48. The summed E-state index contributed by atoms with van der Waals surface area (Å²) in [5.41, 5.74) is 0.961. The van der Waals surface area contributed by atoms with Crippen LogP contribution in [0, 0.1) is 12.8 Å². The van der Waals surface area contributed by atoms with Crippen LogP contribution in [0.2, 0.25) is 0 Å². The first-order chi connectivity index (χ1) is 13.1. The van der Waals surface area contributed by atoms with Crippen molar-refractivity contribution in [2.24, 2.45) is 5.92 Å². The zero-order valence-corrected chi connectivity index (χ0v) is 18.1. The second kappa shape index (κ2) is 7.59. The molecule has 28 heavy (non-hydrogen) atoms. The molecule has 0 bridgehead atoms. The highest BCUT2D eigenvalue weighted by Gasteiger charge is 2.50. The van der Waals surface area contributed by atoms with E-state index < -0.39 is 32.3 Å². The van der Waals surface area contributed by atoms with Crippen LogP contribution in [0.25, 0.3) is 0 Å². The molecule has 0 radical (unpaired) electrons. The molecule has 1 aliphatic rings. The molecule has 1 aliphatic heterocycles. The van der Waals surface area contributed by atoms with Gasteiger partial charge in [0, 0.05) is 12.6 Å². The lowest BCUT2D eigenvalue weighted by Gasteiger charge is -2.33. The third-order valence-corrected chi connectivity index (χ3v) is 8.83. The largest absolute Gasteiger partial charge is 0.244 e. The van der Waals surface area contributed by atoms with Crippen LogP contribution < -0.4 is 0 Å². The van der Waals surface area contributed by atoms with Gasteiger partial charge in [-0.05, 0) is 44.0 Å². The Morgan fingerprint density at radius 1 is 0.857 bits per heavy atom. The second-order valence-corrected chi connectivity index (χ2v) is 11.3. The van der Waals surface area contributed by atoms with Gasteiger partial charge in [0.1, 0.15) is 0 Å². The number of aryl methyl sites for hydroxylation is 1. The van der Waals surface area contributed by atoms with Crippen molar-refractivity contribution >= 4 is 20.0 Å². The van der Waals surface area contributed by atoms with Crippen molar-refractivity contribution in [1.82, 2.24) is 8.61 Å². The van der Waals surface area contributed by atoms with Crippen LogP contribution >= 0.6 is 0 Å². The highest BCUT2D eigenvalue weighted by atomic mass is 32.2. The van der Waals surface area contributed by atoms with E-state index in [0.29, 0.717) is 0 Å². The maximum atomic E-state index is 13.3. The van der Waals surface area contributed by atoms with Gasteiger partial charge in [-0.15, -0.1) is 0 Å². The van der Waals surface area contributed by atoms with E-state index in [2.05, 4.69) is 0 Å². The summed E-state index contributed by atoms with van der Waals surface area (Å²) < 4.78 is 55.9.